The Morgan fingerprint density at radius 3 is 2.57 bits per heavy atom. The second kappa shape index (κ2) is 7.98. The Labute approximate surface area is 167 Å². The van der Waals surface area contributed by atoms with Crippen molar-refractivity contribution in [2.45, 2.75) is 18.0 Å². The van der Waals surface area contributed by atoms with Crippen LogP contribution in [-0.2, 0) is 13.2 Å². The van der Waals surface area contributed by atoms with E-state index in [1.165, 1.54) is 16.3 Å². The summed E-state index contributed by atoms with van der Waals surface area (Å²) < 4.78 is 40.5. The maximum absolute atomic E-state index is 13.0. The summed E-state index contributed by atoms with van der Waals surface area (Å²) in [4.78, 5) is 4.75. The fourth-order valence-electron chi connectivity index (χ4n) is 2.60. The molecule has 0 saturated heterocycles. The Kier molecular flexibility index (Phi) is 5.82. The molecule has 0 aliphatic carbocycles. The number of nitrogens with zero attached hydrogens (tertiary/aromatic N) is 4. The van der Waals surface area contributed by atoms with Gasteiger partial charge in [0.15, 0.2) is 11.6 Å². The average molecular weight is 429 g/mol. The van der Waals surface area contributed by atoms with Gasteiger partial charge in [0, 0.05) is 29.4 Å². The van der Waals surface area contributed by atoms with E-state index < -0.39 is 11.7 Å². The van der Waals surface area contributed by atoms with Crippen LogP contribution in [0.4, 0.5) is 18.9 Å². The summed E-state index contributed by atoms with van der Waals surface area (Å²) in [6.45, 7) is 1.96. The lowest BCUT2D eigenvalue weighted by Crippen LogP contribution is -2.06. The first-order valence-electron chi connectivity index (χ1n) is 8.04. The number of thioether (sulfide) groups is 1. The van der Waals surface area contributed by atoms with E-state index in [1.54, 1.807) is 24.7 Å². The number of alkyl halides is 3. The molecule has 0 saturated carbocycles. The third-order valence-corrected chi connectivity index (χ3v) is 5.16. The van der Waals surface area contributed by atoms with Crippen molar-refractivity contribution in [3.63, 3.8) is 0 Å². The van der Waals surface area contributed by atoms with Gasteiger partial charge >= 0.3 is 6.18 Å². The fourth-order valence-corrected chi connectivity index (χ4v) is 3.68. The Bertz CT molecular complexity index is 1010. The van der Waals surface area contributed by atoms with Crippen LogP contribution in [0.3, 0.4) is 0 Å². The molecule has 0 fully saturated rings. The van der Waals surface area contributed by atoms with E-state index in [0.717, 1.165) is 29.0 Å². The van der Waals surface area contributed by atoms with Gasteiger partial charge in [-0.05, 0) is 30.0 Å². The second-order valence-electron chi connectivity index (χ2n) is 5.70. The molecule has 1 N–H and O–H groups in total. The minimum Gasteiger partial charge on any atom is -0.761 e. The summed E-state index contributed by atoms with van der Waals surface area (Å²) in [5.74, 6) is 1.28. The Hall–Kier alpha value is -2.30. The van der Waals surface area contributed by atoms with Crippen molar-refractivity contribution in [1.82, 2.24) is 19.7 Å². The molecule has 0 bridgehead atoms. The zero-order chi connectivity index (χ0) is 20.5. The van der Waals surface area contributed by atoms with Gasteiger partial charge in [-0.2, -0.15) is 13.2 Å². The summed E-state index contributed by atoms with van der Waals surface area (Å²) in [7, 11) is 1.62. The van der Waals surface area contributed by atoms with Crippen LogP contribution >= 0.6 is 23.4 Å². The minimum atomic E-state index is -4.49. The van der Waals surface area contributed by atoms with Crippen LogP contribution in [0.2, 0.25) is 5.02 Å². The summed E-state index contributed by atoms with van der Waals surface area (Å²) >= 11 is 7.58. The summed E-state index contributed by atoms with van der Waals surface area (Å²) in [6, 6.07) is 4.99. The smallest absolute Gasteiger partial charge is 0.416 e. The number of rotatable bonds is 5. The molecule has 2 aromatic heterocycles. The summed E-state index contributed by atoms with van der Waals surface area (Å²) in [5, 5.41) is 19.5. The van der Waals surface area contributed by atoms with E-state index in [9.17, 15) is 18.4 Å². The summed E-state index contributed by atoms with van der Waals surface area (Å²) in [6.07, 6.45) is -3.42. The predicted octanol–water partition coefficient (Wildman–Crippen LogP) is 5.24. The molecule has 148 valence electrons. The first-order chi connectivity index (χ1) is 13.3. The molecule has 0 aliphatic rings. The van der Waals surface area contributed by atoms with Gasteiger partial charge in [-0.1, -0.05) is 18.5 Å². The number of nitrogens with one attached hydrogen (secondary N) is 1. The number of halogens is 4. The first kappa shape index (κ1) is 20.4. The highest BCUT2D eigenvalue weighted by molar-refractivity contribution is 7.99. The van der Waals surface area contributed by atoms with Crippen molar-refractivity contribution in [3.05, 3.63) is 46.3 Å². The zero-order valence-corrected chi connectivity index (χ0v) is 16.3. The highest BCUT2D eigenvalue weighted by atomic mass is 35.5. The molecule has 0 spiro atoms. The van der Waals surface area contributed by atoms with Gasteiger partial charge in [0.25, 0.3) is 0 Å². The molecule has 6 nitrogen and oxygen atoms in total. The molecule has 0 amide bonds. The van der Waals surface area contributed by atoms with Crippen molar-refractivity contribution in [2.24, 2.45) is 7.05 Å². The van der Waals surface area contributed by atoms with E-state index in [1.807, 2.05) is 6.92 Å². The zero-order valence-electron chi connectivity index (χ0n) is 14.7. The normalized spacial score (nSPS) is 11.7. The molecule has 2 heterocycles. The number of hydrogen-bond donors (Lipinski definition) is 1. The van der Waals surface area contributed by atoms with Crippen molar-refractivity contribution >= 4 is 29.1 Å². The number of aromatic nitrogens is 4. The number of hydrogen-bond acceptors (Lipinski definition) is 6. The quantitative estimate of drug-likeness (QED) is 0.442. The van der Waals surface area contributed by atoms with E-state index >= 15 is 0 Å². The molecule has 0 unspecified atom stereocenters. The van der Waals surface area contributed by atoms with Crippen LogP contribution in [0.25, 0.3) is 22.9 Å². The largest absolute Gasteiger partial charge is 0.761 e. The van der Waals surface area contributed by atoms with Crippen molar-refractivity contribution in [2.75, 3.05) is 11.2 Å². The maximum Gasteiger partial charge on any atom is 0.416 e. The highest BCUT2D eigenvalue weighted by Crippen LogP contribution is 2.38. The predicted molar refractivity (Wildman–Crippen MR) is 103 cm³/mol. The van der Waals surface area contributed by atoms with Crippen molar-refractivity contribution in [3.8, 4) is 22.9 Å². The minimum absolute atomic E-state index is 0.0388. The molecule has 11 heteroatoms. The molecule has 3 rings (SSSR count). The molecular formula is C17H14ClF3N5OS-. The van der Waals surface area contributed by atoms with Gasteiger partial charge < -0.3 is 15.3 Å². The fraction of sp³-hybridized carbons (Fsp3) is 0.235. The Morgan fingerprint density at radius 2 is 1.93 bits per heavy atom. The van der Waals surface area contributed by atoms with Crippen LogP contribution < -0.4 is 5.48 Å². The van der Waals surface area contributed by atoms with E-state index in [2.05, 4.69) is 15.2 Å². The van der Waals surface area contributed by atoms with E-state index in [0.29, 0.717) is 11.4 Å². The monoisotopic (exact) mass is 428 g/mol. The molecule has 3 aromatic rings. The second-order valence-corrected chi connectivity index (χ2v) is 7.41. The van der Waals surface area contributed by atoms with Crippen LogP contribution in [0.5, 0.6) is 0 Å². The number of pyridine rings is 1. The first-order valence-corrected chi connectivity index (χ1v) is 9.40. The molecule has 0 atom stereocenters. The lowest BCUT2D eigenvalue weighted by molar-refractivity contribution is -0.137. The molecular weight excluding hydrogens is 415 g/mol. The standard InChI is InChI=1S/C17H14ClF3N5OS/c1-3-28-14-8-11(18)12(25-27)7-10(14)15-23-24-16(26(15)2)13-6-9(4-5-22-13)17(19,20)21/h4-8,25H,3H2,1-2H3/q-1. The van der Waals surface area contributed by atoms with Crippen LogP contribution in [-0.4, -0.2) is 25.5 Å². The molecule has 0 radical (unpaired) electrons. The Morgan fingerprint density at radius 1 is 1.21 bits per heavy atom. The Balaban J connectivity index is 2.12. The van der Waals surface area contributed by atoms with Gasteiger partial charge in [0.1, 0.15) is 5.69 Å². The SMILES string of the molecule is CCSc1cc(Cl)c(N[O-])cc1-c1nnc(-c2cc(C(F)(F)F)ccn2)n1C. The van der Waals surface area contributed by atoms with Gasteiger partial charge in [0.2, 0.25) is 0 Å². The third kappa shape index (κ3) is 3.94. The maximum atomic E-state index is 13.0. The lowest BCUT2D eigenvalue weighted by atomic mass is 10.2. The number of benzene rings is 1. The van der Waals surface area contributed by atoms with Crippen molar-refractivity contribution in [1.29, 1.82) is 0 Å². The molecule has 1 aromatic carbocycles. The van der Waals surface area contributed by atoms with Gasteiger partial charge in [-0.25, -0.2) is 0 Å². The number of anilines is 1. The molecule has 28 heavy (non-hydrogen) atoms. The van der Waals surface area contributed by atoms with Gasteiger partial charge in [-0.15, -0.1) is 22.0 Å². The van der Waals surface area contributed by atoms with Gasteiger partial charge in [0.05, 0.1) is 10.6 Å². The highest BCUT2D eigenvalue weighted by Gasteiger charge is 2.31. The molecule has 0 aliphatic heterocycles. The topological polar surface area (TPSA) is 78.7 Å². The van der Waals surface area contributed by atoms with Crippen LogP contribution in [0.15, 0.2) is 35.4 Å². The average Bonchev–Trinajstić information content (AvgIpc) is 3.03. The van der Waals surface area contributed by atoms with Crippen LogP contribution in [0.1, 0.15) is 12.5 Å². The van der Waals surface area contributed by atoms with E-state index in [4.69, 9.17) is 11.6 Å². The van der Waals surface area contributed by atoms with Crippen molar-refractivity contribution < 1.29 is 13.2 Å². The van der Waals surface area contributed by atoms with Crippen LogP contribution in [0, 0.1) is 5.21 Å². The van der Waals surface area contributed by atoms with E-state index in [-0.39, 0.29) is 22.2 Å². The lowest BCUT2D eigenvalue weighted by Gasteiger charge is -2.16. The summed E-state index contributed by atoms with van der Waals surface area (Å²) in [5.41, 5.74) is 1.74. The third-order valence-electron chi connectivity index (χ3n) is 3.91. The van der Waals surface area contributed by atoms with Gasteiger partial charge in [-0.3, -0.25) is 4.98 Å².